The van der Waals surface area contributed by atoms with Crippen LogP contribution in [0.1, 0.15) is 11.1 Å². The van der Waals surface area contributed by atoms with Gasteiger partial charge >= 0.3 is 0 Å². The summed E-state index contributed by atoms with van der Waals surface area (Å²) in [5.41, 5.74) is 8.73. The summed E-state index contributed by atoms with van der Waals surface area (Å²) in [4.78, 5) is 11.4. The van der Waals surface area contributed by atoms with Crippen molar-refractivity contribution < 1.29 is 4.92 Å². The third kappa shape index (κ3) is 3.26. The summed E-state index contributed by atoms with van der Waals surface area (Å²) < 4.78 is 0. The normalized spacial score (nSPS) is 10.4. The van der Waals surface area contributed by atoms with Crippen molar-refractivity contribution in [1.29, 1.82) is 0 Å². The number of anilines is 1. The van der Waals surface area contributed by atoms with E-state index in [-0.39, 0.29) is 10.6 Å². The summed E-state index contributed by atoms with van der Waals surface area (Å²) in [6.07, 6.45) is 0. The maximum absolute atomic E-state index is 10.7. The zero-order valence-corrected chi connectivity index (χ0v) is 11.3. The van der Waals surface area contributed by atoms with E-state index in [1.54, 1.807) is 23.9 Å². The van der Waals surface area contributed by atoms with Gasteiger partial charge < -0.3 is 5.73 Å². The fourth-order valence-electron chi connectivity index (χ4n) is 1.71. The van der Waals surface area contributed by atoms with Gasteiger partial charge in [0, 0.05) is 28.5 Å². The molecule has 0 radical (unpaired) electrons. The molecule has 0 heterocycles. The lowest BCUT2D eigenvalue weighted by atomic mass is 10.2. The molecule has 0 aliphatic heterocycles. The molecular formula is C14H14N2O2S. The summed E-state index contributed by atoms with van der Waals surface area (Å²) in [6.45, 7) is 1.98. The Hall–Kier alpha value is -2.01. The Morgan fingerprint density at radius 3 is 2.74 bits per heavy atom. The topological polar surface area (TPSA) is 69.2 Å². The number of non-ortho nitro benzene ring substituents is 1. The smallest absolute Gasteiger partial charge is 0.269 e. The second-order valence-electron chi connectivity index (χ2n) is 4.19. The van der Waals surface area contributed by atoms with Crippen LogP contribution in [-0.2, 0) is 5.75 Å². The van der Waals surface area contributed by atoms with Crippen LogP contribution in [0.2, 0.25) is 0 Å². The zero-order valence-electron chi connectivity index (χ0n) is 10.5. The number of nitrogens with two attached hydrogens (primary N) is 1. The molecule has 0 fully saturated rings. The van der Waals surface area contributed by atoms with E-state index < -0.39 is 0 Å². The van der Waals surface area contributed by atoms with Crippen molar-refractivity contribution in [2.45, 2.75) is 17.6 Å². The van der Waals surface area contributed by atoms with Crippen LogP contribution in [0.3, 0.4) is 0 Å². The van der Waals surface area contributed by atoms with Crippen molar-refractivity contribution in [1.82, 2.24) is 0 Å². The van der Waals surface area contributed by atoms with E-state index >= 15 is 0 Å². The first-order valence-electron chi connectivity index (χ1n) is 5.79. The number of nitro benzene ring substituents is 1. The van der Waals surface area contributed by atoms with E-state index in [9.17, 15) is 10.1 Å². The van der Waals surface area contributed by atoms with E-state index in [4.69, 9.17) is 5.73 Å². The number of nitrogen functional groups attached to an aromatic ring is 1. The molecule has 5 heteroatoms. The van der Waals surface area contributed by atoms with Crippen LogP contribution in [0.5, 0.6) is 0 Å². The Balaban J connectivity index is 2.12. The van der Waals surface area contributed by atoms with Gasteiger partial charge in [0.1, 0.15) is 0 Å². The number of benzene rings is 2. The molecule has 0 aliphatic carbocycles. The highest BCUT2D eigenvalue weighted by molar-refractivity contribution is 7.98. The van der Waals surface area contributed by atoms with Gasteiger partial charge in [-0.3, -0.25) is 10.1 Å². The largest absolute Gasteiger partial charge is 0.398 e. The van der Waals surface area contributed by atoms with Crippen LogP contribution in [-0.4, -0.2) is 4.92 Å². The third-order valence-corrected chi connectivity index (χ3v) is 4.07. The highest BCUT2D eigenvalue weighted by Crippen LogP contribution is 2.29. The minimum atomic E-state index is -0.375. The Bertz CT molecular complexity index is 614. The molecule has 2 rings (SSSR count). The van der Waals surface area contributed by atoms with Gasteiger partial charge in [-0.25, -0.2) is 0 Å². The number of thioether (sulfide) groups is 1. The first kappa shape index (κ1) is 13.4. The lowest BCUT2D eigenvalue weighted by molar-refractivity contribution is -0.384. The van der Waals surface area contributed by atoms with Crippen molar-refractivity contribution in [2.75, 3.05) is 5.73 Å². The summed E-state index contributed by atoms with van der Waals surface area (Å²) in [5.74, 6) is 0.686. The first-order chi connectivity index (χ1) is 9.08. The monoisotopic (exact) mass is 274 g/mol. The maximum atomic E-state index is 10.7. The second-order valence-corrected chi connectivity index (χ2v) is 5.20. The van der Waals surface area contributed by atoms with Gasteiger partial charge in [-0.2, -0.15) is 0 Å². The van der Waals surface area contributed by atoms with E-state index in [0.717, 1.165) is 21.7 Å². The average Bonchev–Trinajstić information content (AvgIpc) is 2.41. The van der Waals surface area contributed by atoms with Gasteiger partial charge in [0.2, 0.25) is 0 Å². The standard InChI is InChI=1S/C14H14N2O2S/c1-10-13(15)6-3-7-14(10)19-9-11-4-2-5-12(8-11)16(17)18/h2-8H,9,15H2,1H3. The molecule has 0 aromatic heterocycles. The molecule has 19 heavy (non-hydrogen) atoms. The predicted octanol–water partition coefficient (Wildman–Crippen LogP) is 3.78. The molecule has 2 N–H and O–H groups in total. The van der Waals surface area contributed by atoms with Gasteiger partial charge in [0.05, 0.1) is 4.92 Å². The molecule has 0 bridgehead atoms. The highest BCUT2D eigenvalue weighted by Gasteiger charge is 2.07. The van der Waals surface area contributed by atoms with Crippen LogP contribution in [0.15, 0.2) is 47.4 Å². The number of hydrogen-bond donors (Lipinski definition) is 1. The fourth-order valence-corrected chi connectivity index (χ4v) is 2.72. The lowest BCUT2D eigenvalue weighted by Crippen LogP contribution is -1.92. The van der Waals surface area contributed by atoms with Gasteiger partial charge in [0.25, 0.3) is 5.69 Å². The minimum Gasteiger partial charge on any atom is -0.398 e. The Labute approximate surface area is 115 Å². The second kappa shape index (κ2) is 5.75. The number of nitrogens with zero attached hydrogens (tertiary/aromatic N) is 1. The van der Waals surface area contributed by atoms with E-state index in [2.05, 4.69) is 0 Å². The van der Waals surface area contributed by atoms with Crippen molar-refractivity contribution in [2.24, 2.45) is 0 Å². The molecule has 0 amide bonds. The van der Waals surface area contributed by atoms with Gasteiger partial charge in [0.15, 0.2) is 0 Å². The maximum Gasteiger partial charge on any atom is 0.269 e. The summed E-state index contributed by atoms with van der Waals surface area (Å²) >= 11 is 1.63. The van der Waals surface area contributed by atoms with Crippen LogP contribution < -0.4 is 5.73 Å². The van der Waals surface area contributed by atoms with E-state index in [0.29, 0.717) is 5.75 Å². The van der Waals surface area contributed by atoms with Gasteiger partial charge in [-0.15, -0.1) is 11.8 Å². The molecule has 98 valence electrons. The molecule has 0 unspecified atom stereocenters. The molecule has 2 aromatic carbocycles. The van der Waals surface area contributed by atoms with Crippen LogP contribution in [0.25, 0.3) is 0 Å². The number of hydrogen-bond acceptors (Lipinski definition) is 4. The molecule has 2 aromatic rings. The van der Waals surface area contributed by atoms with E-state index in [1.165, 1.54) is 6.07 Å². The Morgan fingerprint density at radius 1 is 1.26 bits per heavy atom. The molecule has 0 aliphatic rings. The molecular weight excluding hydrogens is 260 g/mol. The minimum absolute atomic E-state index is 0.127. The van der Waals surface area contributed by atoms with Crippen molar-refractivity contribution >= 4 is 23.1 Å². The van der Waals surface area contributed by atoms with Crippen molar-refractivity contribution in [3.05, 3.63) is 63.7 Å². The number of nitro groups is 1. The number of rotatable bonds is 4. The molecule has 4 nitrogen and oxygen atoms in total. The lowest BCUT2D eigenvalue weighted by Gasteiger charge is -2.07. The van der Waals surface area contributed by atoms with Gasteiger partial charge in [-0.1, -0.05) is 18.2 Å². The molecule has 0 saturated heterocycles. The average molecular weight is 274 g/mol. The Kier molecular flexibility index (Phi) is 4.06. The van der Waals surface area contributed by atoms with E-state index in [1.807, 2.05) is 31.2 Å². The van der Waals surface area contributed by atoms with Gasteiger partial charge in [-0.05, 0) is 30.2 Å². The van der Waals surface area contributed by atoms with Crippen LogP contribution in [0, 0.1) is 17.0 Å². The predicted molar refractivity (Wildman–Crippen MR) is 78.2 cm³/mol. The third-order valence-electron chi connectivity index (χ3n) is 2.84. The van der Waals surface area contributed by atoms with Crippen molar-refractivity contribution in [3.63, 3.8) is 0 Å². The van der Waals surface area contributed by atoms with Crippen LogP contribution >= 0.6 is 11.8 Å². The zero-order chi connectivity index (χ0) is 13.8. The van der Waals surface area contributed by atoms with Crippen molar-refractivity contribution in [3.8, 4) is 0 Å². The van der Waals surface area contributed by atoms with Crippen LogP contribution in [0.4, 0.5) is 11.4 Å². The summed E-state index contributed by atoms with van der Waals surface area (Å²) in [5, 5.41) is 10.7. The molecule has 0 saturated carbocycles. The molecule has 0 spiro atoms. The summed E-state index contributed by atoms with van der Waals surface area (Å²) in [7, 11) is 0. The highest BCUT2D eigenvalue weighted by atomic mass is 32.2. The Morgan fingerprint density at radius 2 is 2.00 bits per heavy atom. The summed E-state index contributed by atoms with van der Waals surface area (Å²) in [6, 6.07) is 12.5. The quantitative estimate of drug-likeness (QED) is 0.399. The molecule has 0 atom stereocenters. The first-order valence-corrected chi connectivity index (χ1v) is 6.77. The fraction of sp³-hybridized carbons (Fsp3) is 0.143. The SMILES string of the molecule is Cc1c(N)cccc1SCc1cccc([N+](=O)[O-])c1.